The third kappa shape index (κ3) is 6.96. The van der Waals surface area contributed by atoms with Crippen LogP contribution in [0.5, 0.6) is 0 Å². The molecule has 0 fully saturated rings. The van der Waals surface area contributed by atoms with Gasteiger partial charge in [-0.1, -0.05) is 35.4 Å². The Labute approximate surface area is 231 Å². The van der Waals surface area contributed by atoms with Gasteiger partial charge in [-0.3, -0.25) is 6.08 Å². The van der Waals surface area contributed by atoms with Crippen LogP contribution < -0.4 is 10.4 Å². The number of allylic oxidation sites excluding steroid dienone is 4. The van der Waals surface area contributed by atoms with Crippen LogP contribution in [-0.4, -0.2) is 5.43 Å². The van der Waals surface area contributed by atoms with Gasteiger partial charge in [0.1, 0.15) is 0 Å². The van der Waals surface area contributed by atoms with E-state index in [2.05, 4.69) is 131 Å². The summed E-state index contributed by atoms with van der Waals surface area (Å²) < 4.78 is 0. The summed E-state index contributed by atoms with van der Waals surface area (Å²) in [4.78, 5) is 0. The van der Waals surface area contributed by atoms with Crippen LogP contribution in [0.1, 0.15) is 28.7 Å². The Bertz CT molecular complexity index is 1450. The second-order valence-corrected chi connectivity index (χ2v) is 15.0. The van der Waals surface area contributed by atoms with Crippen LogP contribution in [0.15, 0.2) is 109 Å². The molecule has 0 saturated carbocycles. The van der Waals surface area contributed by atoms with Gasteiger partial charge in [0.2, 0.25) is 0 Å². The van der Waals surface area contributed by atoms with Crippen molar-refractivity contribution in [2.24, 2.45) is 0 Å². The molecule has 0 radical (unpaired) electrons. The molecule has 36 heavy (non-hydrogen) atoms. The molecule has 5 aromatic carbocycles. The van der Waals surface area contributed by atoms with Crippen molar-refractivity contribution in [2.75, 3.05) is 0 Å². The third-order valence-corrected chi connectivity index (χ3v) is 12.2. The fraction of sp³-hybridized carbons (Fsp3) is 0.147. The Kier molecular flexibility index (Phi) is 9.19. The summed E-state index contributed by atoms with van der Waals surface area (Å²) in [6.45, 7) is 8.63. The fourth-order valence-corrected chi connectivity index (χ4v) is 8.27. The monoisotopic (exact) mass is 558 g/mol. The van der Waals surface area contributed by atoms with Crippen LogP contribution in [0.25, 0.3) is 21.5 Å². The number of aryl methyl sites for hydroxylation is 4. The van der Waals surface area contributed by atoms with E-state index in [1.165, 1.54) is 54.2 Å². The number of rotatable bonds is 2. The van der Waals surface area contributed by atoms with Gasteiger partial charge in [-0.25, -0.2) is 12.2 Å². The molecule has 0 N–H and O–H groups in total. The number of benzene rings is 4. The van der Waals surface area contributed by atoms with Gasteiger partial charge < -0.3 is 0 Å². The van der Waals surface area contributed by atoms with Crippen LogP contribution >= 0.6 is 0 Å². The average Bonchev–Trinajstić information content (AvgIpc) is 3.55. The maximum atomic E-state index is 2.99. The molecule has 0 saturated heterocycles. The molecule has 6 rings (SSSR count). The smallest absolute Gasteiger partial charge is 0.109 e. The van der Waals surface area contributed by atoms with Gasteiger partial charge in [-0.15, -0.1) is 46.2 Å². The van der Waals surface area contributed by atoms with E-state index in [0.717, 1.165) is 6.42 Å². The first-order chi connectivity index (χ1) is 17.4. The first-order valence-corrected chi connectivity index (χ1v) is 17.6. The summed E-state index contributed by atoms with van der Waals surface area (Å²) in [5, 5.41) is 8.53. The second kappa shape index (κ2) is 12.5. The fourth-order valence-electron chi connectivity index (χ4n) is 4.37. The van der Waals surface area contributed by atoms with Crippen LogP contribution in [0.2, 0.25) is 0 Å². The van der Waals surface area contributed by atoms with E-state index in [1.54, 1.807) is 23.3 Å². The third-order valence-electron chi connectivity index (χ3n) is 6.21. The predicted octanol–water partition coefficient (Wildman–Crippen LogP) is 7.59. The second-order valence-electron chi connectivity index (χ2n) is 9.44. The van der Waals surface area contributed by atoms with Crippen molar-refractivity contribution >= 4 is 37.4 Å². The van der Waals surface area contributed by atoms with Crippen molar-refractivity contribution in [3.05, 3.63) is 138 Å². The largest absolute Gasteiger partial charge is 0.273 e. The molecule has 0 unspecified atom stereocenters. The topological polar surface area (TPSA) is 0 Å². The van der Waals surface area contributed by atoms with E-state index in [9.17, 15) is 0 Å². The van der Waals surface area contributed by atoms with Gasteiger partial charge in [0, 0.05) is 0 Å². The van der Waals surface area contributed by atoms with E-state index in [1.807, 2.05) is 12.2 Å². The van der Waals surface area contributed by atoms with Crippen LogP contribution in [0, 0.1) is 33.8 Å². The molecular formula is C34H32SiZr. The molecule has 0 aliphatic heterocycles. The summed E-state index contributed by atoms with van der Waals surface area (Å²) in [7, 11) is 0. The Balaban J connectivity index is 0.000000142. The zero-order chi connectivity index (χ0) is 25.5. The average molecular weight is 560 g/mol. The van der Waals surface area contributed by atoms with Gasteiger partial charge in [-0.2, -0.15) is 6.08 Å². The zero-order valence-electron chi connectivity index (χ0n) is 21.6. The zero-order valence-corrected chi connectivity index (χ0v) is 25.1. The van der Waals surface area contributed by atoms with E-state index in [-0.39, 0.29) is 0 Å². The Morgan fingerprint density at radius 1 is 0.667 bits per heavy atom. The van der Waals surface area contributed by atoms with Gasteiger partial charge in [0.15, 0.2) is 0 Å². The van der Waals surface area contributed by atoms with Crippen molar-refractivity contribution in [3.8, 4) is 0 Å². The molecule has 0 atom stereocenters. The standard InChI is InChI=1S/C15H13.C14H14Si.C5H5.Zr/c1-10-3-5-14-12(7-10)9-13-8-11(2)4-6-15(13)14;1-11-5-3-7-13(9-11)15-14-8-4-6-12(2)10-14;1-2-4-5-3-1;/h3-9H,1-2H3;3-10H,1-2H3;1-3H,4H2;/q-1;;-1;+2. The molecule has 0 bridgehead atoms. The summed E-state index contributed by atoms with van der Waals surface area (Å²) in [6.07, 6.45) is 10.0. The summed E-state index contributed by atoms with van der Waals surface area (Å²) in [5.41, 5.74) is 4.90. The first kappa shape index (κ1) is 26.4. The molecule has 0 amide bonds. The Morgan fingerprint density at radius 2 is 1.17 bits per heavy atom. The maximum Gasteiger partial charge on any atom is -0.109 e. The van der Waals surface area contributed by atoms with Crippen molar-refractivity contribution < 1.29 is 23.3 Å². The van der Waals surface area contributed by atoms with Gasteiger partial charge >= 0.3 is 113 Å². The van der Waals surface area contributed by atoms with Crippen LogP contribution in [0.3, 0.4) is 0 Å². The minimum Gasteiger partial charge on any atom is -0.273 e. The summed E-state index contributed by atoms with van der Waals surface area (Å²) in [5.74, 6) is 0. The van der Waals surface area contributed by atoms with Crippen LogP contribution in [0.4, 0.5) is 0 Å². The molecule has 5 aromatic rings. The van der Waals surface area contributed by atoms with Gasteiger partial charge in [-0.05, 0) is 13.8 Å². The van der Waals surface area contributed by atoms with Crippen molar-refractivity contribution in [1.82, 2.24) is 0 Å². The van der Waals surface area contributed by atoms with Crippen molar-refractivity contribution in [2.45, 2.75) is 34.1 Å². The molecule has 0 aromatic heterocycles. The predicted molar refractivity (Wildman–Crippen MR) is 155 cm³/mol. The van der Waals surface area contributed by atoms with E-state index >= 15 is 0 Å². The quantitative estimate of drug-likeness (QED) is 0.154. The molecule has 0 heterocycles. The molecular weight excluding hydrogens is 528 g/mol. The molecule has 2 heteroatoms. The number of hydrogen-bond acceptors (Lipinski definition) is 0. The molecule has 0 spiro atoms. The van der Waals surface area contributed by atoms with E-state index in [4.69, 9.17) is 0 Å². The number of fused-ring (bicyclic) bond motifs is 3. The summed E-state index contributed by atoms with van der Waals surface area (Å²) >= 11 is 1.65. The molecule has 176 valence electrons. The minimum atomic E-state index is -0.499. The van der Waals surface area contributed by atoms with Gasteiger partial charge in [0.05, 0.1) is 0 Å². The normalized spacial score (nSPS) is 11.7. The van der Waals surface area contributed by atoms with E-state index in [0.29, 0.717) is 0 Å². The molecule has 1 aliphatic rings. The van der Waals surface area contributed by atoms with E-state index < -0.39 is 5.43 Å². The maximum absolute atomic E-state index is 2.99. The minimum absolute atomic E-state index is 0.499. The number of hydrogen-bond donors (Lipinski definition) is 0. The Morgan fingerprint density at radius 3 is 1.56 bits per heavy atom. The van der Waals surface area contributed by atoms with Gasteiger partial charge in [0.25, 0.3) is 0 Å². The van der Waals surface area contributed by atoms with Crippen molar-refractivity contribution in [1.29, 1.82) is 0 Å². The Hall–Kier alpha value is -2.67. The molecule has 1 aliphatic carbocycles. The summed E-state index contributed by atoms with van der Waals surface area (Å²) in [6, 6.07) is 33.5. The first-order valence-electron chi connectivity index (χ1n) is 12.4. The van der Waals surface area contributed by atoms with Crippen LogP contribution in [-0.2, 0) is 23.3 Å². The van der Waals surface area contributed by atoms with Crippen molar-refractivity contribution in [3.63, 3.8) is 0 Å². The molecule has 0 nitrogen and oxygen atoms in total. The SMILES string of the molecule is Cc1ccc2c(c1)[cH-]c1cc(C)ccc12.Cc1cccc([Si](=[Zr+2])c2cccc(C)c2)c1.[C-]1=CC=CC1.